The second-order valence-electron chi connectivity index (χ2n) is 4.17. The first-order chi connectivity index (χ1) is 10.8. The Kier molecular flexibility index (Phi) is 5.47. The van der Waals surface area contributed by atoms with Gasteiger partial charge in [-0.25, -0.2) is 9.97 Å². The van der Waals surface area contributed by atoms with Gasteiger partial charge in [-0.15, -0.1) is 0 Å². The lowest BCUT2D eigenvalue weighted by atomic mass is 10.3. The van der Waals surface area contributed by atoms with Crippen molar-refractivity contribution in [1.29, 1.82) is 5.26 Å². The molecule has 4 aromatic rings. The van der Waals surface area contributed by atoms with Crippen molar-refractivity contribution in [3.8, 4) is 6.07 Å². The van der Waals surface area contributed by atoms with E-state index in [9.17, 15) is 0 Å². The predicted octanol–water partition coefficient (Wildman–Crippen LogP) is 3.82. The van der Waals surface area contributed by atoms with E-state index in [1.165, 1.54) is 6.08 Å². The maximum absolute atomic E-state index is 7.51. The summed E-state index contributed by atoms with van der Waals surface area (Å²) in [6.45, 7) is 3.12. The van der Waals surface area contributed by atoms with E-state index < -0.39 is 0 Å². The smallest absolute Gasteiger partial charge is 0.0931 e. The largest absolute Gasteiger partial charge is 0.345 e. The van der Waals surface area contributed by atoms with Gasteiger partial charge in [0.1, 0.15) is 0 Å². The predicted molar refractivity (Wildman–Crippen MR) is 88.0 cm³/mol. The van der Waals surface area contributed by atoms with Gasteiger partial charge in [0.15, 0.2) is 0 Å². The summed E-state index contributed by atoms with van der Waals surface area (Å²) in [6.07, 6.45) is 4.58. The first-order valence-corrected chi connectivity index (χ1v) is 6.62. The molecule has 2 aromatic carbocycles. The molecule has 0 amide bonds. The van der Waals surface area contributed by atoms with Crippen LogP contribution in [0.5, 0.6) is 0 Å². The van der Waals surface area contributed by atoms with E-state index in [0.29, 0.717) is 0 Å². The molecule has 0 saturated heterocycles. The Labute approximate surface area is 128 Å². The fraction of sp³-hybridized carbons (Fsp3) is 0. The molecule has 5 heteroatoms. The van der Waals surface area contributed by atoms with Gasteiger partial charge in [0.05, 0.1) is 40.8 Å². The third kappa shape index (κ3) is 4.05. The van der Waals surface area contributed by atoms with Gasteiger partial charge in [0.2, 0.25) is 0 Å². The van der Waals surface area contributed by atoms with Gasteiger partial charge in [-0.1, -0.05) is 30.8 Å². The highest BCUT2D eigenvalue weighted by Crippen LogP contribution is 2.06. The topological polar surface area (TPSA) is 81.1 Å². The molecule has 2 aromatic heterocycles. The van der Waals surface area contributed by atoms with Crippen molar-refractivity contribution in [2.45, 2.75) is 0 Å². The maximum atomic E-state index is 7.51. The molecule has 0 spiro atoms. The van der Waals surface area contributed by atoms with Gasteiger partial charge in [-0.2, -0.15) is 5.26 Å². The van der Waals surface area contributed by atoms with Crippen LogP contribution in [0.2, 0.25) is 0 Å². The van der Waals surface area contributed by atoms with E-state index in [4.69, 9.17) is 5.26 Å². The lowest BCUT2D eigenvalue weighted by molar-refractivity contribution is 1.34. The molecule has 22 heavy (non-hydrogen) atoms. The number of benzene rings is 2. The highest BCUT2D eigenvalue weighted by Gasteiger charge is 1.89. The highest BCUT2D eigenvalue weighted by molar-refractivity contribution is 5.74. The van der Waals surface area contributed by atoms with Crippen molar-refractivity contribution in [2.24, 2.45) is 0 Å². The summed E-state index contributed by atoms with van der Waals surface area (Å²) >= 11 is 0. The molecule has 0 saturated carbocycles. The van der Waals surface area contributed by atoms with Crippen LogP contribution in [0.4, 0.5) is 0 Å². The fourth-order valence-corrected chi connectivity index (χ4v) is 1.76. The van der Waals surface area contributed by atoms with E-state index >= 15 is 0 Å². The quantitative estimate of drug-likeness (QED) is 0.483. The summed E-state index contributed by atoms with van der Waals surface area (Å²) < 4.78 is 0. The van der Waals surface area contributed by atoms with Gasteiger partial charge in [0.25, 0.3) is 0 Å². The van der Waals surface area contributed by atoms with Gasteiger partial charge < -0.3 is 9.97 Å². The number of nitrogens with zero attached hydrogens (tertiary/aromatic N) is 3. The number of H-pyrrole nitrogens is 2. The van der Waals surface area contributed by atoms with Crippen LogP contribution < -0.4 is 0 Å². The van der Waals surface area contributed by atoms with E-state index in [-0.39, 0.29) is 0 Å². The molecule has 2 heterocycles. The normalized spacial score (nSPS) is 9.05. The number of fused-ring (bicyclic) bond motifs is 2. The third-order valence-electron chi connectivity index (χ3n) is 2.75. The lowest BCUT2D eigenvalue weighted by Crippen LogP contribution is -1.63. The van der Waals surface area contributed by atoms with Gasteiger partial charge in [-0.05, 0) is 24.3 Å². The number of imidazole rings is 2. The summed E-state index contributed by atoms with van der Waals surface area (Å²) in [5.41, 5.74) is 4.24. The molecule has 0 bridgehead atoms. The number of para-hydroxylation sites is 4. The number of nitriles is 1. The van der Waals surface area contributed by atoms with Gasteiger partial charge in [0, 0.05) is 6.08 Å². The number of hydrogen-bond acceptors (Lipinski definition) is 3. The highest BCUT2D eigenvalue weighted by atomic mass is 14.9. The molecule has 0 aliphatic heterocycles. The SMILES string of the molecule is C=CC#N.c1ccc2[nH]cnc2c1.c1ccc2[nH]cnc2c1. The van der Waals surface area contributed by atoms with Crippen molar-refractivity contribution in [1.82, 2.24) is 19.9 Å². The van der Waals surface area contributed by atoms with Crippen LogP contribution >= 0.6 is 0 Å². The molecule has 2 N–H and O–H groups in total. The number of rotatable bonds is 0. The second kappa shape index (κ2) is 8.02. The summed E-state index contributed by atoms with van der Waals surface area (Å²) in [4.78, 5) is 14.1. The van der Waals surface area contributed by atoms with E-state index in [0.717, 1.165) is 22.1 Å². The molecule has 4 rings (SSSR count). The zero-order valence-corrected chi connectivity index (χ0v) is 11.9. The minimum atomic E-state index is 1.03. The Balaban J connectivity index is 0.000000131. The minimum Gasteiger partial charge on any atom is -0.345 e. The molecule has 0 aliphatic rings. The van der Waals surface area contributed by atoms with Gasteiger partial charge >= 0.3 is 0 Å². The molecule has 0 unspecified atom stereocenters. The van der Waals surface area contributed by atoms with Gasteiger partial charge in [-0.3, -0.25) is 0 Å². The monoisotopic (exact) mass is 289 g/mol. The molecule has 0 radical (unpaired) electrons. The zero-order valence-electron chi connectivity index (χ0n) is 11.9. The summed E-state index contributed by atoms with van der Waals surface area (Å²) in [5, 5.41) is 7.51. The van der Waals surface area contributed by atoms with E-state index in [1.807, 2.05) is 48.5 Å². The first-order valence-electron chi connectivity index (χ1n) is 6.62. The maximum Gasteiger partial charge on any atom is 0.0931 e. The minimum absolute atomic E-state index is 1.03. The Bertz CT molecular complexity index is 756. The van der Waals surface area contributed by atoms with Crippen molar-refractivity contribution in [3.63, 3.8) is 0 Å². The summed E-state index contributed by atoms with van der Waals surface area (Å²) in [6, 6.07) is 17.6. The summed E-state index contributed by atoms with van der Waals surface area (Å²) in [7, 11) is 0. The van der Waals surface area contributed by atoms with Crippen LogP contribution in [0.3, 0.4) is 0 Å². The number of allylic oxidation sites excluding steroid dienone is 1. The van der Waals surface area contributed by atoms with Crippen molar-refractivity contribution < 1.29 is 0 Å². The summed E-state index contributed by atoms with van der Waals surface area (Å²) in [5.74, 6) is 0. The Morgan fingerprint density at radius 2 is 1.27 bits per heavy atom. The average molecular weight is 289 g/mol. The zero-order chi connectivity index (χ0) is 15.6. The molecule has 108 valence electrons. The number of aromatic amines is 2. The molecular weight excluding hydrogens is 274 g/mol. The van der Waals surface area contributed by atoms with Crippen LogP contribution in [0.15, 0.2) is 73.8 Å². The molecule has 0 fully saturated rings. The van der Waals surface area contributed by atoms with Crippen LogP contribution in [0.1, 0.15) is 0 Å². The molecule has 5 nitrogen and oxygen atoms in total. The number of aromatic nitrogens is 4. The average Bonchev–Trinajstić information content (AvgIpc) is 3.24. The Morgan fingerprint density at radius 1 is 0.864 bits per heavy atom. The van der Waals surface area contributed by atoms with Crippen LogP contribution in [-0.4, -0.2) is 19.9 Å². The molecule has 0 atom stereocenters. The Morgan fingerprint density at radius 3 is 1.64 bits per heavy atom. The van der Waals surface area contributed by atoms with Crippen LogP contribution in [0, 0.1) is 11.3 Å². The third-order valence-corrected chi connectivity index (χ3v) is 2.75. The van der Waals surface area contributed by atoms with Crippen LogP contribution in [-0.2, 0) is 0 Å². The van der Waals surface area contributed by atoms with E-state index in [1.54, 1.807) is 18.7 Å². The Hall–Kier alpha value is -3.39. The van der Waals surface area contributed by atoms with Crippen LogP contribution in [0.25, 0.3) is 22.1 Å². The van der Waals surface area contributed by atoms with Crippen molar-refractivity contribution in [2.75, 3.05) is 0 Å². The standard InChI is InChI=1S/2C7H6N2.C3H3N/c2*1-2-4-7-6(3-1)8-5-9-7;1-2-3-4/h2*1-5H,(H,8,9);2H,1H2. The lowest BCUT2D eigenvalue weighted by Gasteiger charge is -1.81. The molecular formula is C17H15N5. The number of nitrogens with one attached hydrogen (secondary N) is 2. The second-order valence-corrected chi connectivity index (χ2v) is 4.17. The first kappa shape index (κ1) is 15.0. The van der Waals surface area contributed by atoms with Crippen molar-refractivity contribution >= 4 is 22.1 Å². The molecule has 0 aliphatic carbocycles. The van der Waals surface area contributed by atoms with Crippen molar-refractivity contribution in [3.05, 3.63) is 73.8 Å². The number of hydrogen-bond donors (Lipinski definition) is 2. The van der Waals surface area contributed by atoms with E-state index in [2.05, 4.69) is 26.5 Å². The fourth-order valence-electron chi connectivity index (χ4n) is 1.76.